The maximum Gasteiger partial charge on any atom is 0.315 e. The Hall–Kier alpha value is -1.51. The van der Waals surface area contributed by atoms with E-state index < -0.39 is 0 Å². The zero-order chi connectivity index (χ0) is 11.1. The van der Waals surface area contributed by atoms with E-state index >= 15 is 0 Å². The lowest BCUT2D eigenvalue weighted by molar-refractivity contribution is 0.238. The van der Waals surface area contributed by atoms with Crippen molar-refractivity contribution in [1.82, 2.24) is 10.6 Å². The predicted octanol–water partition coefficient (Wildman–Crippen LogP) is 2.46. The van der Waals surface area contributed by atoms with E-state index in [1.54, 1.807) is 0 Å². The van der Waals surface area contributed by atoms with Crippen LogP contribution in [0.15, 0.2) is 30.3 Å². The van der Waals surface area contributed by atoms with Gasteiger partial charge in [0.15, 0.2) is 0 Å². The van der Waals surface area contributed by atoms with Gasteiger partial charge in [-0.2, -0.15) is 0 Å². The summed E-state index contributed by atoms with van der Waals surface area (Å²) in [5.41, 5.74) is 1.11. The van der Waals surface area contributed by atoms with Crippen LogP contribution >= 0.6 is 0 Å². The molecule has 0 aliphatic heterocycles. The molecule has 0 aliphatic carbocycles. The van der Waals surface area contributed by atoms with Crippen LogP contribution < -0.4 is 10.6 Å². The van der Waals surface area contributed by atoms with Crippen LogP contribution in [-0.4, -0.2) is 12.6 Å². The molecule has 1 aromatic carbocycles. The smallest absolute Gasteiger partial charge is 0.315 e. The highest BCUT2D eigenvalue weighted by atomic mass is 16.2. The highest BCUT2D eigenvalue weighted by Gasteiger charge is 2.07. The summed E-state index contributed by atoms with van der Waals surface area (Å²) < 4.78 is 0. The summed E-state index contributed by atoms with van der Waals surface area (Å²) in [6.45, 7) is 4.72. The normalized spacial score (nSPS) is 11.9. The van der Waals surface area contributed by atoms with E-state index in [-0.39, 0.29) is 12.1 Å². The van der Waals surface area contributed by atoms with Gasteiger partial charge in [-0.25, -0.2) is 4.79 Å². The Morgan fingerprint density at radius 1 is 1.33 bits per heavy atom. The van der Waals surface area contributed by atoms with Gasteiger partial charge in [-0.05, 0) is 18.9 Å². The maximum atomic E-state index is 11.4. The largest absolute Gasteiger partial charge is 0.338 e. The van der Waals surface area contributed by atoms with Gasteiger partial charge in [0.2, 0.25) is 0 Å². The molecule has 0 fully saturated rings. The fraction of sp³-hybridized carbons (Fsp3) is 0.417. The zero-order valence-electron chi connectivity index (χ0n) is 9.29. The van der Waals surface area contributed by atoms with E-state index in [9.17, 15) is 4.79 Å². The second-order valence-electron chi connectivity index (χ2n) is 3.53. The summed E-state index contributed by atoms with van der Waals surface area (Å²) in [6.07, 6.45) is 0.952. The van der Waals surface area contributed by atoms with E-state index in [2.05, 4.69) is 10.6 Å². The molecule has 2 N–H and O–H groups in total. The molecule has 3 heteroatoms. The number of carbonyl (C=O) groups excluding carboxylic acids is 1. The molecule has 0 radical (unpaired) electrons. The minimum absolute atomic E-state index is 0.0445. The van der Waals surface area contributed by atoms with Crippen LogP contribution in [0.4, 0.5) is 4.79 Å². The van der Waals surface area contributed by atoms with E-state index in [1.807, 2.05) is 44.2 Å². The van der Waals surface area contributed by atoms with Crippen molar-refractivity contribution >= 4 is 6.03 Å². The van der Waals surface area contributed by atoms with Crippen LogP contribution in [0.5, 0.6) is 0 Å². The maximum absolute atomic E-state index is 11.4. The number of nitrogens with one attached hydrogen (secondary N) is 2. The molecule has 0 unspecified atom stereocenters. The molecule has 82 valence electrons. The first kappa shape index (κ1) is 11.6. The fourth-order valence-electron chi connectivity index (χ4n) is 1.31. The van der Waals surface area contributed by atoms with Crippen molar-refractivity contribution in [3.63, 3.8) is 0 Å². The standard InChI is InChI=1S/C12H18N2O/c1-3-9-13-12(15)14-10(2)11-7-5-4-6-8-11/h4-8,10H,3,9H2,1-2H3,(H2,13,14,15)/t10-/m0/s1. The minimum Gasteiger partial charge on any atom is -0.338 e. The van der Waals surface area contributed by atoms with Crippen molar-refractivity contribution in [1.29, 1.82) is 0 Å². The molecule has 0 saturated heterocycles. The molecule has 3 nitrogen and oxygen atoms in total. The Bertz CT molecular complexity index is 298. The fourth-order valence-corrected chi connectivity index (χ4v) is 1.31. The second-order valence-corrected chi connectivity index (χ2v) is 3.53. The number of urea groups is 1. The van der Waals surface area contributed by atoms with Gasteiger partial charge in [0, 0.05) is 6.54 Å². The summed E-state index contributed by atoms with van der Waals surface area (Å²) >= 11 is 0. The van der Waals surface area contributed by atoms with Crippen molar-refractivity contribution in [2.75, 3.05) is 6.54 Å². The summed E-state index contributed by atoms with van der Waals surface area (Å²) in [6, 6.07) is 9.86. The minimum atomic E-state index is -0.104. The SMILES string of the molecule is CCCNC(=O)N[C@@H](C)c1ccccc1. The van der Waals surface area contributed by atoms with E-state index in [0.29, 0.717) is 6.54 Å². The molecule has 1 atom stereocenters. The Kier molecular flexibility index (Phi) is 4.68. The number of amides is 2. The van der Waals surface area contributed by atoms with Crippen molar-refractivity contribution in [2.45, 2.75) is 26.3 Å². The quantitative estimate of drug-likeness (QED) is 0.780. The zero-order valence-corrected chi connectivity index (χ0v) is 9.29. The third-order valence-corrected chi connectivity index (χ3v) is 2.18. The van der Waals surface area contributed by atoms with Gasteiger partial charge in [-0.3, -0.25) is 0 Å². The Morgan fingerprint density at radius 2 is 2.00 bits per heavy atom. The molecule has 0 aromatic heterocycles. The first-order chi connectivity index (χ1) is 7.24. The number of rotatable bonds is 4. The summed E-state index contributed by atoms with van der Waals surface area (Å²) in [7, 11) is 0. The molecular formula is C12H18N2O. The molecule has 1 aromatic rings. The van der Waals surface area contributed by atoms with Gasteiger partial charge >= 0.3 is 6.03 Å². The Labute approximate surface area is 90.9 Å². The Morgan fingerprint density at radius 3 is 2.60 bits per heavy atom. The molecule has 15 heavy (non-hydrogen) atoms. The van der Waals surface area contributed by atoms with Gasteiger partial charge in [0.1, 0.15) is 0 Å². The van der Waals surface area contributed by atoms with Crippen LogP contribution in [0.25, 0.3) is 0 Å². The highest BCUT2D eigenvalue weighted by Crippen LogP contribution is 2.10. The molecule has 0 aliphatic rings. The molecule has 0 spiro atoms. The van der Waals surface area contributed by atoms with Crippen LogP contribution in [0.1, 0.15) is 31.9 Å². The topological polar surface area (TPSA) is 41.1 Å². The van der Waals surface area contributed by atoms with E-state index in [4.69, 9.17) is 0 Å². The number of carbonyl (C=O) groups is 1. The van der Waals surface area contributed by atoms with Gasteiger partial charge < -0.3 is 10.6 Å². The molecule has 1 rings (SSSR count). The Balaban J connectivity index is 2.42. The highest BCUT2D eigenvalue weighted by molar-refractivity contribution is 5.74. The van der Waals surface area contributed by atoms with Gasteiger partial charge in [-0.1, -0.05) is 37.3 Å². The average molecular weight is 206 g/mol. The van der Waals surface area contributed by atoms with Gasteiger partial charge in [-0.15, -0.1) is 0 Å². The predicted molar refractivity (Wildman–Crippen MR) is 61.7 cm³/mol. The van der Waals surface area contributed by atoms with Crippen molar-refractivity contribution in [2.24, 2.45) is 0 Å². The third kappa shape index (κ3) is 4.02. The van der Waals surface area contributed by atoms with Crippen LogP contribution in [0.2, 0.25) is 0 Å². The van der Waals surface area contributed by atoms with Gasteiger partial charge in [0.25, 0.3) is 0 Å². The van der Waals surface area contributed by atoms with E-state index in [0.717, 1.165) is 12.0 Å². The van der Waals surface area contributed by atoms with Crippen molar-refractivity contribution in [3.05, 3.63) is 35.9 Å². The van der Waals surface area contributed by atoms with Crippen molar-refractivity contribution in [3.8, 4) is 0 Å². The number of hydrogen-bond donors (Lipinski definition) is 2. The molecular weight excluding hydrogens is 188 g/mol. The number of benzene rings is 1. The van der Waals surface area contributed by atoms with Crippen LogP contribution in [0, 0.1) is 0 Å². The first-order valence-electron chi connectivity index (χ1n) is 5.33. The van der Waals surface area contributed by atoms with Crippen LogP contribution in [0.3, 0.4) is 0 Å². The average Bonchev–Trinajstić information content (AvgIpc) is 2.27. The van der Waals surface area contributed by atoms with Crippen molar-refractivity contribution < 1.29 is 4.79 Å². The van der Waals surface area contributed by atoms with E-state index in [1.165, 1.54) is 0 Å². The third-order valence-electron chi connectivity index (χ3n) is 2.18. The van der Waals surface area contributed by atoms with Crippen LogP contribution in [-0.2, 0) is 0 Å². The molecule has 0 bridgehead atoms. The van der Waals surface area contributed by atoms with Gasteiger partial charge in [0.05, 0.1) is 6.04 Å². The first-order valence-corrected chi connectivity index (χ1v) is 5.33. The summed E-state index contributed by atoms with van der Waals surface area (Å²) in [4.78, 5) is 11.4. The summed E-state index contributed by atoms with van der Waals surface area (Å²) in [5, 5.41) is 5.66. The second kappa shape index (κ2) is 6.06. The molecule has 0 saturated carbocycles. The monoisotopic (exact) mass is 206 g/mol. The molecule has 2 amide bonds. The summed E-state index contributed by atoms with van der Waals surface area (Å²) in [5.74, 6) is 0. The molecule has 0 heterocycles. The lowest BCUT2D eigenvalue weighted by atomic mass is 10.1. The number of hydrogen-bond acceptors (Lipinski definition) is 1. The lowest BCUT2D eigenvalue weighted by Gasteiger charge is -2.14. The lowest BCUT2D eigenvalue weighted by Crippen LogP contribution is -2.37.